The van der Waals surface area contributed by atoms with Gasteiger partial charge in [0.15, 0.2) is 0 Å². The van der Waals surface area contributed by atoms with Gasteiger partial charge in [-0.1, -0.05) is 5.16 Å². The first-order chi connectivity index (χ1) is 14.5. The first-order valence-electron chi connectivity index (χ1n) is 9.19. The molecule has 152 valence electrons. The molecule has 4 aromatic rings. The number of aromatic nitrogens is 3. The largest absolute Gasteiger partial charge is 0.472 e. The highest BCUT2D eigenvalue weighted by molar-refractivity contribution is 6.03. The summed E-state index contributed by atoms with van der Waals surface area (Å²) in [6.45, 7) is 1.88. The Bertz CT molecular complexity index is 1130. The zero-order chi connectivity index (χ0) is 21.1. The van der Waals surface area contributed by atoms with E-state index in [1.807, 2.05) is 6.92 Å². The molecular weight excluding hydrogens is 386 g/mol. The van der Waals surface area contributed by atoms with Crippen LogP contribution in [-0.2, 0) is 0 Å². The van der Waals surface area contributed by atoms with Gasteiger partial charge in [0.25, 0.3) is 11.8 Å². The van der Waals surface area contributed by atoms with Gasteiger partial charge < -0.3 is 19.2 Å². The van der Waals surface area contributed by atoms with Crippen molar-refractivity contribution in [2.24, 2.45) is 0 Å². The molecular formula is C21H19N5O4. The number of hydrogen-bond donors (Lipinski definition) is 1. The third-order valence-electron chi connectivity index (χ3n) is 4.79. The highest BCUT2D eigenvalue weighted by Gasteiger charge is 2.21. The van der Waals surface area contributed by atoms with Crippen LogP contribution in [0.1, 0.15) is 39.4 Å². The predicted molar refractivity (Wildman–Crippen MR) is 107 cm³/mol. The zero-order valence-corrected chi connectivity index (χ0v) is 16.4. The van der Waals surface area contributed by atoms with E-state index in [0.717, 1.165) is 5.69 Å². The van der Waals surface area contributed by atoms with Gasteiger partial charge >= 0.3 is 0 Å². The summed E-state index contributed by atoms with van der Waals surface area (Å²) in [5.74, 6) is -0.418. The van der Waals surface area contributed by atoms with E-state index < -0.39 is 0 Å². The zero-order valence-electron chi connectivity index (χ0n) is 16.4. The predicted octanol–water partition coefficient (Wildman–Crippen LogP) is 3.54. The maximum absolute atomic E-state index is 12.8. The smallest absolute Gasteiger partial charge is 0.259 e. The fourth-order valence-corrected chi connectivity index (χ4v) is 2.90. The first kappa shape index (κ1) is 19.2. The molecule has 0 bridgehead atoms. The monoisotopic (exact) mass is 405 g/mol. The van der Waals surface area contributed by atoms with E-state index in [-0.39, 0.29) is 17.9 Å². The average molecular weight is 405 g/mol. The minimum Gasteiger partial charge on any atom is -0.472 e. The SMILES string of the molecule is CC(c1ccon1)N(C)C(=O)c1ccc(-n2cc(NC(=O)c3ccoc3)cn2)cc1. The van der Waals surface area contributed by atoms with Crippen molar-refractivity contribution in [2.45, 2.75) is 13.0 Å². The number of carbonyl (C=O) groups excluding carboxylic acids is 2. The van der Waals surface area contributed by atoms with Crippen LogP contribution in [0.25, 0.3) is 5.69 Å². The van der Waals surface area contributed by atoms with Crippen LogP contribution >= 0.6 is 0 Å². The van der Waals surface area contributed by atoms with E-state index in [0.29, 0.717) is 22.5 Å². The Morgan fingerprint density at radius 3 is 2.57 bits per heavy atom. The molecule has 2 amide bonds. The minimum absolute atomic E-state index is 0.134. The topological polar surface area (TPSA) is 106 Å². The van der Waals surface area contributed by atoms with Gasteiger partial charge in [0.1, 0.15) is 18.2 Å². The second-order valence-electron chi connectivity index (χ2n) is 6.70. The summed E-state index contributed by atoms with van der Waals surface area (Å²) in [4.78, 5) is 26.4. The number of nitrogens with one attached hydrogen (secondary N) is 1. The number of nitrogens with zero attached hydrogens (tertiary/aromatic N) is 4. The maximum Gasteiger partial charge on any atom is 0.259 e. The fourth-order valence-electron chi connectivity index (χ4n) is 2.90. The van der Waals surface area contributed by atoms with Gasteiger partial charge in [0, 0.05) is 18.7 Å². The number of anilines is 1. The maximum atomic E-state index is 12.8. The van der Waals surface area contributed by atoms with E-state index in [4.69, 9.17) is 8.94 Å². The average Bonchev–Trinajstić information content (AvgIpc) is 3.54. The van der Waals surface area contributed by atoms with Crippen molar-refractivity contribution < 1.29 is 18.5 Å². The molecule has 1 atom stereocenters. The van der Waals surface area contributed by atoms with Crippen molar-refractivity contribution in [3.8, 4) is 5.69 Å². The minimum atomic E-state index is -0.284. The van der Waals surface area contributed by atoms with Crippen LogP contribution < -0.4 is 5.32 Å². The Balaban J connectivity index is 1.44. The summed E-state index contributed by atoms with van der Waals surface area (Å²) in [7, 11) is 1.72. The molecule has 3 heterocycles. The Labute approximate surface area is 171 Å². The Morgan fingerprint density at radius 2 is 1.90 bits per heavy atom. The highest BCUT2D eigenvalue weighted by atomic mass is 16.5. The van der Waals surface area contributed by atoms with Crippen LogP contribution in [-0.4, -0.2) is 38.7 Å². The molecule has 1 unspecified atom stereocenters. The van der Waals surface area contributed by atoms with Gasteiger partial charge in [-0.2, -0.15) is 5.10 Å². The normalized spacial score (nSPS) is 11.8. The molecule has 0 aliphatic rings. The van der Waals surface area contributed by atoms with Gasteiger partial charge in [-0.3, -0.25) is 9.59 Å². The van der Waals surface area contributed by atoms with Crippen LogP contribution in [0.2, 0.25) is 0 Å². The lowest BCUT2D eigenvalue weighted by Gasteiger charge is -2.23. The molecule has 0 saturated heterocycles. The van der Waals surface area contributed by atoms with E-state index in [1.165, 1.54) is 18.8 Å². The number of furan rings is 1. The van der Waals surface area contributed by atoms with Crippen molar-refractivity contribution in [3.05, 3.63) is 84.4 Å². The number of rotatable bonds is 6. The molecule has 0 radical (unpaired) electrons. The number of amides is 2. The number of benzene rings is 1. The number of hydrogen-bond acceptors (Lipinski definition) is 6. The molecule has 0 aliphatic heterocycles. The highest BCUT2D eigenvalue weighted by Crippen LogP contribution is 2.20. The lowest BCUT2D eigenvalue weighted by molar-refractivity contribution is 0.0737. The quantitative estimate of drug-likeness (QED) is 0.526. The summed E-state index contributed by atoms with van der Waals surface area (Å²) < 4.78 is 11.4. The second-order valence-corrected chi connectivity index (χ2v) is 6.70. The van der Waals surface area contributed by atoms with E-state index >= 15 is 0 Å². The van der Waals surface area contributed by atoms with Gasteiger partial charge in [0.05, 0.1) is 41.6 Å². The third kappa shape index (κ3) is 3.86. The molecule has 0 saturated carbocycles. The molecule has 1 aromatic carbocycles. The lowest BCUT2D eigenvalue weighted by atomic mass is 10.1. The summed E-state index contributed by atoms with van der Waals surface area (Å²) in [5, 5.41) is 10.9. The van der Waals surface area contributed by atoms with E-state index in [9.17, 15) is 9.59 Å². The summed E-state index contributed by atoms with van der Waals surface area (Å²) in [6.07, 6.45) is 7.52. The standard InChI is InChI=1S/C21H19N5O4/c1-14(19-8-10-30-24-19)25(2)21(28)15-3-5-18(6-4-15)26-12-17(11-22-26)23-20(27)16-7-9-29-13-16/h3-14H,1-2H3,(H,23,27). The Kier molecular flexibility index (Phi) is 5.17. The van der Waals surface area contributed by atoms with Gasteiger partial charge in [-0.05, 0) is 37.3 Å². The third-order valence-corrected chi connectivity index (χ3v) is 4.79. The molecule has 9 nitrogen and oxygen atoms in total. The van der Waals surface area contributed by atoms with Crippen LogP contribution in [0.4, 0.5) is 5.69 Å². The van der Waals surface area contributed by atoms with Gasteiger partial charge in [-0.15, -0.1) is 0 Å². The molecule has 1 N–H and O–H groups in total. The second kappa shape index (κ2) is 8.08. The summed E-state index contributed by atoms with van der Waals surface area (Å²) >= 11 is 0. The molecule has 3 aromatic heterocycles. The van der Waals surface area contributed by atoms with Crippen molar-refractivity contribution in [3.63, 3.8) is 0 Å². The summed E-state index contributed by atoms with van der Waals surface area (Å²) in [6, 6.07) is 10.1. The Hall–Kier alpha value is -4.14. The van der Waals surface area contributed by atoms with Crippen LogP contribution in [0, 0.1) is 0 Å². The van der Waals surface area contributed by atoms with Gasteiger partial charge in [-0.25, -0.2) is 4.68 Å². The molecule has 0 aliphatic carbocycles. The van der Waals surface area contributed by atoms with Crippen molar-refractivity contribution in [1.82, 2.24) is 19.8 Å². The van der Waals surface area contributed by atoms with Crippen LogP contribution in [0.5, 0.6) is 0 Å². The van der Waals surface area contributed by atoms with Crippen LogP contribution in [0.15, 0.2) is 76.5 Å². The molecule has 0 spiro atoms. The van der Waals surface area contributed by atoms with E-state index in [1.54, 1.807) is 65.4 Å². The van der Waals surface area contributed by atoms with Crippen molar-refractivity contribution >= 4 is 17.5 Å². The molecule has 0 fully saturated rings. The van der Waals surface area contributed by atoms with Gasteiger partial charge in [0.2, 0.25) is 0 Å². The summed E-state index contributed by atoms with van der Waals surface area (Å²) in [5.41, 5.74) is 2.95. The van der Waals surface area contributed by atoms with Crippen LogP contribution in [0.3, 0.4) is 0 Å². The van der Waals surface area contributed by atoms with Crippen molar-refractivity contribution in [1.29, 1.82) is 0 Å². The first-order valence-corrected chi connectivity index (χ1v) is 9.19. The Morgan fingerprint density at radius 1 is 1.10 bits per heavy atom. The number of carbonyl (C=O) groups is 2. The molecule has 30 heavy (non-hydrogen) atoms. The molecule has 4 rings (SSSR count). The fraction of sp³-hybridized carbons (Fsp3) is 0.143. The molecule has 9 heteroatoms. The van der Waals surface area contributed by atoms with Crippen molar-refractivity contribution in [2.75, 3.05) is 12.4 Å². The lowest BCUT2D eigenvalue weighted by Crippen LogP contribution is -2.29. The van der Waals surface area contributed by atoms with E-state index in [2.05, 4.69) is 15.6 Å².